The second-order valence-corrected chi connectivity index (χ2v) is 7.03. The summed E-state index contributed by atoms with van der Waals surface area (Å²) in [6.45, 7) is 0.454. The van der Waals surface area contributed by atoms with Gasteiger partial charge in [-0.1, -0.05) is 11.8 Å². The van der Waals surface area contributed by atoms with Crippen molar-refractivity contribution in [2.24, 2.45) is 13.0 Å². The van der Waals surface area contributed by atoms with E-state index in [0.717, 1.165) is 33.5 Å². The summed E-state index contributed by atoms with van der Waals surface area (Å²) in [7, 11) is 1.91. The first-order chi connectivity index (χ1) is 13.8. The second-order valence-electron chi connectivity index (χ2n) is 7.03. The standard InChI is InChI=1S/C22H19N5O/c1-26-13-20(12-24-26)19-10-21(28-15-17-6-8-23-9-7-17)22-18(5-4-16-2-3-16)11-25-27(22)14-19/h6-14,16H,2-3,15H2,1H3. The number of nitrogens with zero attached hydrogens (tertiary/aromatic N) is 5. The Morgan fingerprint density at radius 2 is 1.96 bits per heavy atom. The average Bonchev–Trinajstić information content (AvgIpc) is 3.30. The quantitative estimate of drug-likeness (QED) is 0.517. The summed E-state index contributed by atoms with van der Waals surface area (Å²) in [5, 5.41) is 8.80. The zero-order valence-electron chi connectivity index (χ0n) is 15.5. The Labute approximate surface area is 162 Å². The average molecular weight is 369 g/mol. The van der Waals surface area contributed by atoms with E-state index in [-0.39, 0.29) is 0 Å². The molecule has 138 valence electrons. The Bertz CT molecular complexity index is 1190. The van der Waals surface area contributed by atoms with E-state index >= 15 is 0 Å². The minimum atomic E-state index is 0.454. The molecule has 4 aromatic rings. The Morgan fingerprint density at radius 1 is 1.11 bits per heavy atom. The van der Waals surface area contributed by atoms with Crippen molar-refractivity contribution in [1.29, 1.82) is 0 Å². The number of pyridine rings is 2. The Morgan fingerprint density at radius 3 is 2.71 bits per heavy atom. The van der Waals surface area contributed by atoms with Crippen molar-refractivity contribution in [2.75, 3.05) is 0 Å². The van der Waals surface area contributed by atoms with Crippen molar-refractivity contribution in [3.8, 4) is 28.7 Å². The maximum absolute atomic E-state index is 6.21. The highest BCUT2D eigenvalue weighted by molar-refractivity contribution is 5.75. The molecule has 0 radical (unpaired) electrons. The number of rotatable bonds is 4. The first-order valence-electron chi connectivity index (χ1n) is 9.30. The maximum Gasteiger partial charge on any atom is 0.147 e. The molecule has 6 nitrogen and oxygen atoms in total. The lowest BCUT2D eigenvalue weighted by Crippen LogP contribution is -1.99. The lowest BCUT2D eigenvalue weighted by molar-refractivity contribution is 0.308. The molecule has 1 aliphatic carbocycles. The minimum absolute atomic E-state index is 0.454. The van der Waals surface area contributed by atoms with E-state index in [9.17, 15) is 0 Å². The molecule has 4 heterocycles. The van der Waals surface area contributed by atoms with Crippen LogP contribution in [0.5, 0.6) is 5.75 Å². The fraction of sp³-hybridized carbons (Fsp3) is 0.227. The van der Waals surface area contributed by atoms with Gasteiger partial charge in [0, 0.05) is 48.9 Å². The highest BCUT2D eigenvalue weighted by Gasteiger charge is 2.18. The molecule has 1 fully saturated rings. The van der Waals surface area contributed by atoms with Gasteiger partial charge in [-0.3, -0.25) is 9.67 Å². The predicted molar refractivity (Wildman–Crippen MR) is 106 cm³/mol. The van der Waals surface area contributed by atoms with Gasteiger partial charge in [-0.25, -0.2) is 4.52 Å². The third kappa shape index (κ3) is 3.35. The van der Waals surface area contributed by atoms with Gasteiger partial charge in [-0.15, -0.1) is 0 Å². The molecule has 0 aromatic carbocycles. The molecule has 1 saturated carbocycles. The van der Waals surface area contributed by atoms with Crippen LogP contribution >= 0.6 is 0 Å². The van der Waals surface area contributed by atoms with Crippen molar-refractivity contribution in [1.82, 2.24) is 24.4 Å². The zero-order chi connectivity index (χ0) is 18.9. The van der Waals surface area contributed by atoms with Crippen LogP contribution in [0.4, 0.5) is 0 Å². The number of hydrogen-bond acceptors (Lipinski definition) is 4. The third-order valence-corrected chi connectivity index (χ3v) is 4.75. The van der Waals surface area contributed by atoms with Gasteiger partial charge in [0.1, 0.15) is 17.9 Å². The van der Waals surface area contributed by atoms with Gasteiger partial charge in [0.2, 0.25) is 0 Å². The molecule has 0 saturated heterocycles. The SMILES string of the molecule is Cn1cc(-c2cc(OCc3ccncc3)c3c(C#CC4CC4)cnn3c2)cn1. The van der Waals surface area contributed by atoms with Crippen LogP contribution in [-0.2, 0) is 13.7 Å². The topological polar surface area (TPSA) is 57.2 Å². The molecule has 1 aliphatic rings. The van der Waals surface area contributed by atoms with Gasteiger partial charge in [0.05, 0.1) is 18.0 Å². The summed E-state index contributed by atoms with van der Waals surface area (Å²) >= 11 is 0. The lowest BCUT2D eigenvalue weighted by atomic mass is 10.1. The van der Waals surface area contributed by atoms with E-state index < -0.39 is 0 Å². The molecule has 0 N–H and O–H groups in total. The van der Waals surface area contributed by atoms with Gasteiger partial charge in [0.25, 0.3) is 0 Å². The Kier molecular flexibility index (Phi) is 4.06. The van der Waals surface area contributed by atoms with Gasteiger partial charge >= 0.3 is 0 Å². The van der Waals surface area contributed by atoms with E-state index in [1.807, 2.05) is 54.5 Å². The summed E-state index contributed by atoms with van der Waals surface area (Å²) in [4.78, 5) is 4.06. The van der Waals surface area contributed by atoms with Crippen LogP contribution in [0.15, 0.2) is 55.4 Å². The van der Waals surface area contributed by atoms with Gasteiger partial charge in [-0.2, -0.15) is 10.2 Å². The first-order valence-corrected chi connectivity index (χ1v) is 9.30. The molecular weight excluding hydrogens is 350 g/mol. The first kappa shape index (κ1) is 16.6. The minimum Gasteiger partial charge on any atom is -0.487 e. The van der Waals surface area contributed by atoms with Crippen molar-refractivity contribution < 1.29 is 4.74 Å². The van der Waals surface area contributed by atoms with Gasteiger partial charge in [-0.05, 0) is 36.6 Å². The molecule has 0 atom stereocenters. The fourth-order valence-corrected chi connectivity index (χ4v) is 3.06. The van der Waals surface area contributed by atoms with Crippen molar-refractivity contribution in [3.63, 3.8) is 0 Å². The molecule has 0 unspecified atom stereocenters. The second kappa shape index (κ2) is 6.86. The summed E-state index contributed by atoms with van der Waals surface area (Å²) in [6, 6.07) is 5.94. The lowest BCUT2D eigenvalue weighted by Gasteiger charge is -2.10. The summed E-state index contributed by atoms with van der Waals surface area (Å²) < 4.78 is 9.84. The number of aromatic nitrogens is 5. The van der Waals surface area contributed by atoms with Crippen molar-refractivity contribution in [2.45, 2.75) is 19.4 Å². The number of hydrogen-bond donors (Lipinski definition) is 0. The van der Waals surface area contributed by atoms with Crippen molar-refractivity contribution in [3.05, 3.63) is 66.5 Å². The van der Waals surface area contributed by atoms with E-state index in [2.05, 4.69) is 27.0 Å². The summed E-state index contributed by atoms with van der Waals surface area (Å²) in [6.07, 6.45) is 13.6. The molecule has 0 aliphatic heterocycles. The molecule has 0 bridgehead atoms. The molecule has 5 rings (SSSR count). The van der Waals surface area contributed by atoms with Gasteiger partial charge in [0.15, 0.2) is 0 Å². The van der Waals surface area contributed by atoms with Crippen LogP contribution in [0, 0.1) is 17.8 Å². The van der Waals surface area contributed by atoms with Crippen molar-refractivity contribution >= 4 is 5.52 Å². The smallest absolute Gasteiger partial charge is 0.147 e. The summed E-state index contributed by atoms with van der Waals surface area (Å²) in [5.74, 6) is 7.91. The van der Waals surface area contributed by atoms with Crippen LogP contribution in [0.1, 0.15) is 24.0 Å². The normalized spacial score (nSPS) is 13.3. The molecule has 0 amide bonds. The highest BCUT2D eigenvalue weighted by Crippen LogP contribution is 2.31. The highest BCUT2D eigenvalue weighted by atomic mass is 16.5. The van der Waals surface area contributed by atoms with E-state index in [1.54, 1.807) is 17.1 Å². The van der Waals surface area contributed by atoms with E-state index in [0.29, 0.717) is 12.5 Å². The Balaban J connectivity index is 1.58. The molecule has 0 spiro atoms. The monoisotopic (exact) mass is 369 g/mol. The molecule has 6 heteroatoms. The number of fused-ring (bicyclic) bond motifs is 1. The van der Waals surface area contributed by atoms with Crippen LogP contribution in [0.3, 0.4) is 0 Å². The van der Waals surface area contributed by atoms with Crippen LogP contribution in [0.2, 0.25) is 0 Å². The maximum atomic E-state index is 6.21. The molecule has 28 heavy (non-hydrogen) atoms. The molecular formula is C22H19N5O. The summed E-state index contributed by atoms with van der Waals surface area (Å²) in [5.41, 5.74) is 4.86. The van der Waals surface area contributed by atoms with Crippen LogP contribution in [0.25, 0.3) is 16.6 Å². The third-order valence-electron chi connectivity index (χ3n) is 4.75. The van der Waals surface area contributed by atoms with E-state index in [1.165, 1.54) is 12.8 Å². The number of ether oxygens (including phenoxy) is 1. The predicted octanol–water partition coefficient (Wildman–Crippen LogP) is 3.47. The van der Waals surface area contributed by atoms with Crippen LogP contribution < -0.4 is 4.74 Å². The number of aryl methyl sites for hydroxylation is 1. The Hall–Kier alpha value is -3.59. The van der Waals surface area contributed by atoms with Crippen LogP contribution in [-0.4, -0.2) is 24.4 Å². The molecule has 4 aromatic heterocycles. The van der Waals surface area contributed by atoms with E-state index in [4.69, 9.17) is 4.74 Å². The largest absolute Gasteiger partial charge is 0.487 e. The zero-order valence-corrected chi connectivity index (χ0v) is 15.5. The fourth-order valence-electron chi connectivity index (χ4n) is 3.06. The van der Waals surface area contributed by atoms with Gasteiger partial charge < -0.3 is 4.74 Å².